The molecule has 2 nitrogen and oxygen atoms in total. The summed E-state index contributed by atoms with van der Waals surface area (Å²) >= 11 is 18.5. The summed E-state index contributed by atoms with van der Waals surface area (Å²) in [5.41, 5.74) is 3.89. The zero-order valence-electron chi connectivity index (χ0n) is 14.2. The lowest BCUT2D eigenvalue weighted by atomic mass is 10.1. The maximum Gasteiger partial charge on any atom is 0.124 e. The van der Waals surface area contributed by atoms with Gasteiger partial charge < -0.3 is 10.1 Å². The highest BCUT2D eigenvalue weighted by Gasteiger charge is 2.08. The highest BCUT2D eigenvalue weighted by molar-refractivity contribution is 6.32. The molecule has 0 aromatic heterocycles. The molecule has 0 unspecified atom stereocenters. The van der Waals surface area contributed by atoms with Gasteiger partial charge >= 0.3 is 0 Å². The molecule has 3 aromatic rings. The van der Waals surface area contributed by atoms with Crippen molar-refractivity contribution in [3.63, 3.8) is 0 Å². The van der Waals surface area contributed by atoms with Gasteiger partial charge in [0, 0.05) is 38.4 Å². The van der Waals surface area contributed by atoms with Crippen LogP contribution in [0.3, 0.4) is 0 Å². The van der Waals surface area contributed by atoms with E-state index in [1.807, 2.05) is 67.6 Å². The standard InChI is InChI=1S/C21H18Cl3NO/c1-14-6-8-18(11-20(14)24)25-12-16-10-17(22)7-9-21(16)26-13-15-4-2-3-5-19(15)23/h2-11,25H,12-13H2,1H3. The Balaban J connectivity index is 1.73. The zero-order chi connectivity index (χ0) is 18.5. The molecule has 3 aromatic carbocycles. The van der Waals surface area contributed by atoms with E-state index in [2.05, 4.69) is 5.32 Å². The van der Waals surface area contributed by atoms with Gasteiger partial charge in [-0.2, -0.15) is 0 Å². The molecule has 0 radical (unpaired) electrons. The van der Waals surface area contributed by atoms with Gasteiger partial charge in [-0.1, -0.05) is 59.1 Å². The Bertz CT molecular complexity index is 912. The summed E-state index contributed by atoms with van der Waals surface area (Å²) < 4.78 is 5.98. The Morgan fingerprint density at radius 2 is 1.65 bits per heavy atom. The maximum absolute atomic E-state index is 6.20. The Hall–Kier alpha value is -1.87. The first-order valence-electron chi connectivity index (χ1n) is 8.17. The fourth-order valence-corrected chi connectivity index (χ4v) is 3.06. The molecule has 134 valence electrons. The van der Waals surface area contributed by atoms with E-state index >= 15 is 0 Å². The smallest absolute Gasteiger partial charge is 0.124 e. The van der Waals surface area contributed by atoms with Gasteiger partial charge in [0.05, 0.1) is 0 Å². The van der Waals surface area contributed by atoms with Gasteiger partial charge in [0.25, 0.3) is 0 Å². The molecule has 0 spiro atoms. The van der Waals surface area contributed by atoms with Crippen LogP contribution in [-0.2, 0) is 13.2 Å². The van der Waals surface area contributed by atoms with E-state index in [-0.39, 0.29) is 0 Å². The van der Waals surface area contributed by atoms with E-state index in [1.54, 1.807) is 0 Å². The quantitative estimate of drug-likeness (QED) is 0.469. The van der Waals surface area contributed by atoms with Crippen LogP contribution in [0, 0.1) is 6.92 Å². The first kappa shape index (κ1) is 18.9. The van der Waals surface area contributed by atoms with Crippen molar-refractivity contribution >= 4 is 40.5 Å². The lowest BCUT2D eigenvalue weighted by molar-refractivity contribution is 0.303. The predicted molar refractivity (Wildman–Crippen MR) is 111 cm³/mol. The number of anilines is 1. The summed E-state index contributed by atoms with van der Waals surface area (Å²) in [5, 5.41) is 5.44. The van der Waals surface area contributed by atoms with Gasteiger partial charge in [-0.15, -0.1) is 0 Å². The average molecular weight is 407 g/mol. The molecular weight excluding hydrogens is 389 g/mol. The molecule has 3 rings (SSSR count). The molecule has 0 aliphatic heterocycles. The maximum atomic E-state index is 6.20. The Labute approximate surface area is 168 Å². The molecule has 1 N–H and O–H groups in total. The highest BCUT2D eigenvalue weighted by atomic mass is 35.5. The van der Waals surface area contributed by atoms with Crippen LogP contribution in [0.1, 0.15) is 16.7 Å². The summed E-state index contributed by atoms with van der Waals surface area (Å²) in [7, 11) is 0. The van der Waals surface area contributed by atoms with Crippen molar-refractivity contribution < 1.29 is 4.74 Å². The van der Waals surface area contributed by atoms with Crippen LogP contribution in [-0.4, -0.2) is 0 Å². The Kier molecular flexibility index (Phi) is 6.31. The molecular formula is C21H18Cl3NO. The third-order valence-corrected chi connectivity index (χ3v) is 5.03. The molecule has 26 heavy (non-hydrogen) atoms. The minimum atomic E-state index is 0.394. The van der Waals surface area contributed by atoms with E-state index in [1.165, 1.54) is 0 Å². The monoisotopic (exact) mass is 405 g/mol. The number of nitrogens with one attached hydrogen (secondary N) is 1. The van der Waals surface area contributed by atoms with Gasteiger partial charge in [0.15, 0.2) is 0 Å². The SMILES string of the molecule is Cc1ccc(NCc2cc(Cl)ccc2OCc2ccccc2Cl)cc1Cl. The molecule has 0 saturated carbocycles. The first-order chi connectivity index (χ1) is 12.5. The average Bonchev–Trinajstić information content (AvgIpc) is 2.63. The Morgan fingerprint density at radius 3 is 2.42 bits per heavy atom. The van der Waals surface area contributed by atoms with Crippen molar-refractivity contribution in [2.75, 3.05) is 5.32 Å². The van der Waals surface area contributed by atoms with Crippen LogP contribution >= 0.6 is 34.8 Å². The van der Waals surface area contributed by atoms with Crippen molar-refractivity contribution in [1.29, 1.82) is 0 Å². The number of benzene rings is 3. The number of hydrogen-bond acceptors (Lipinski definition) is 2. The van der Waals surface area contributed by atoms with Crippen molar-refractivity contribution in [1.82, 2.24) is 0 Å². The second-order valence-corrected chi connectivity index (χ2v) is 7.20. The van der Waals surface area contributed by atoms with Crippen LogP contribution in [0.2, 0.25) is 15.1 Å². The lowest BCUT2D eigenvalue weighted by Gasteiger charge is -2.14. The summed E-state index contributed by atoms with van der Waals surface area (Å²) in [6.07, 6.45) is 0. The van der Waals surface area contributed by atoms with E-state index in [0.29, 0.717) is 23.2 Å². The van der Waals surface area contributed by atoms with E-state index < -0.39 is 0 Å². The van der Waals surface area contributed by atoms with Gasteiger partial charge in [-0.25, -0.2) is 0 Å². The topological polar surface area (TPSA) is 21.3 Å². The second-order valence-electron chi connectivity index (χ2n) is 5.95. The first-order valence-corrected chi connectivity index (χ1v) is 9.31. The minimum Gasteiger partial charge on any atom is -0.488 e. The van der Waals surface area contributed by atoms with Gasteiger partial charge in [-0.3, -0.25) is 0 Å². The number of rotatable bonds is 6. The molecule has 0 bridgehead atoms. The van der Waals surface area contributed by atoms with Crippen molar-refractivity contribution in [3.8, 4) is 5.75 Å². The van der Waals surface area contributed by atoms with E-state index in [9.17, 15) is 0 Å². The van der Waals surface area contributed by atoms with Crippen LogP contribution in [0.4, 0.5) is 5.69 Å². The van der Waals surface area contributed by atoms with E-state index in [4.69, 9.17) is 39.5 Å². The van der Waals surface area contributed by atoms with Crippen LogP contribution in [0.25, 0.3) is 0 Å². The van der Waals surface area contributed by atoms with Crippen molar-refractivity contribution in [2.45, 2.75) is 20.1 Å². The number of hydrogen-bond donors (Lipinski definition) is 1. The number of aryl methyl sites for hydroxylation is 1. The fraction of sp³-hybridized carbons (Fsp3) is 0.143. The summed E-state index contributed by atoms with van der Waals surface area (Å²) in [5.74, 6) is 0.764. The summed E-state index contributed by atoms with van der Waals surface area (Å²) in [4.78, 5) is 0. The molecule has 0 saturated heterocycles. The lowest BCUT2D eigenvalue weighted by Crippen LogP contribution is -2.04. The largest absolute Gasteiger partial charge is 0.488 e. The molecule has 0 aliphatic rings. The van der Waals surface area contributed by atoms with Crippen LogP contribution in [0.5, 0.6) is 5.75 Å². The molecule has 0 amide bonds. The molecule has 0 aliphatic carbocycles. The third kappa shape index (κ3) is 4.85. The highest BCUT2D eigenvalue weighted by Crippen LogP contribution is 2.27. The third-order valence-electron chi connectivity index (χ3n) is 4.02. The zero-order valence-corrected chi connectivity index (χ0v) is 16.5. The molecule has 0 fully saturated rings. The summed E-state index contributed by atoms with van der Waals surface area (Å²) in [6.45, 7) is 2.94. The Morgan fingerprint density at radius 1 is 0.846 bits per heavy atom. The summed E-state index contributed by atoms with van der Waals surface area (Å²) in [6, 6.07) is 19.1. The van der Waals surface area contributed by atoms with Gasteiger partial charge in [0.1, 0.15) is 12.4 Å². The normalized spacial score (nSPS) is 10.6. The fourth-order valence-electron chi connectivity index (χ4n) is 2.50. The number of ether oxygens (including phenoxy) is 1. The van der Waals surface area contributed by atoms with Crippen molar-refractivity contribution in [2.24, 2.45) is 0 Å². The second kappa shape index (κ2) is 8.68. The van der Waals surface area contributed by atoms with Crippen molar-refractivity contribution in [3.05, 3.63) is 92.4 Å². The van der Waals surface area contributed by atoms with E-state index in [0.717, 1.165) is 33.1 Å². The number of halogens is 3. The van der Waals surface area contributed by atoms with Crippen LogP contribution in [0.15, 0.2) is 60.7 Å². The predicted octanol–water partition coefficient (Wildman–Crippen LogP) is 7.15. The minimum absolute atomic E-state index is 0.394. The van der Waals surface area contributed by atoms with Crippen LogP contribution < -0.4 is 10.1 Å². The molecule has 0 atom stereocenters. The molecule has 5 heteroatoms. The molecule has 0 heterocycles. The van der Waals surface area contributed by atoms with Gasteiger partial charge in [0.2, 0.25) is 0 Å². The van der Waals surface area contributed by atoms with Gasteiger partial charge in [-0.05, 0) is 48.9 Å².